The van der Waals surface area contributed by atoms with Gasteiger partial charge in [0.1, 0.15) is 11.5 Å². The highest BCUT2D eigenvalue weighted by molar-refractivity contribution is 5.97. The van der Waals surface area contributed by atoms with Crippen LogP contribution in [0.15, 0.2) is 30.3 Å². The standard InChI is InChI=1S/C18H22FN3O2/c1-11(2)16-10-15(21-22(16)4)18(24)20-12(3)9-17(23)13-5-7-14(19)8-6-13/h5-8,10-12H,9H2,1-4H3,(H,20,24)/t12-/m0/s1. The van der Waals surface area contributed by atoms with Gasteiger partial charge in [-0.3, -0.25) is 14.3 Å². The zero-order valence-corrected chi connectivity index (χ0v) is 14.3. The zero-order chi connectivity index (χ0) is 17.9. The van der Waals surface area contributed by atoms with Gasteiger partial charge >= 0.3 is 0 Å². The largest absolute Gasteiger partial charge is 0.348 e. The van der Waals surface area contributed by atoms with Crippen molar-refractivity contribution >= 4 is 11.7 Å². The van der Waals surface area contributed by atoms with E-state index >= 15 is 0 Å². The molecule has 0 aliphatic heterocycles. The van der Waals surface area contributed by atoms with E-state index in [1.54, 1.807) is 24.7 Å². The third kappa shape index (κ3) is 4.28. The molecule has 1 N–H and O–H groups in total. The van der Waals surface area contributed by atoms with Crippen LogP contribution in [0, 0.1) is 5.82 Å². The maximum atomic E-state index is 12.9. The van der Waals surface area contributed by atoms with Crippen LogP contribution < -0.4 is 5.32 Å². The van der Waals surface area contributed by atoms with E-state index in [4.69, 9.17) is 0 Å². The van der Waals surface area contributed by atoms with Crippen LogP contribution in [0.25, 0.3) is 0 Å². The van der Waals surface area contributed by atoms with Crippen LogP contribution in [0.1, 0.15) is 59.7 Å². The molecule has 24 heavy (non-hydrogen) atoms. The third-order valence-electron chi connectivity index (χ3n) is 3.78. The average Bonchev–Trinajstić information content (AvgIpc) is 2.90. The van der Waals surface area contributed by atoms with E-state index in [-0.39, 0.29) is 35.9 Å². The SMILES string of the molecule is CC(C)c1cc(C(=O)N[C@@H](C)CC(=O)c2ccc(F)cc2)nn1C. The third-order valence-corrected chi connectivity index (χ3v) is 3.78. The molecule has 1 heterocycles. The smallest absolute Gasteiger partial charge is 0.272 e. The minimum Gasteiger partial charge on any atom is -0.348 e. The van der Waals surface area contributed by atoms with Gasteiger partial charge in [-0.05, 0) is 43.2 Å². The Morgan fingerprint density at radius 1 is 1.21 bits per heavy atom. The van der Waals surface area contributed by atoms with Crippen molar-refractivity contribution in [1.29, 1.82) is 0 Å². The molecule has 0 radical (unpaired) electrons. The second kappa shape index (κ2) is 7.38. The number of ketones is 1. The van der Waals surface area contributed by atoms with E-state index in [0.717, 1.165) is 5.69 Å². The second-order valence-electron chi connectivity index (χ2n) is 6.24. The molecule has 0 saturated carbocycles. The molecule has 1 aromatic carbocycles. The number of carbonyl (C=O) groups excluding carboxylic acids is 2. The van der Waals surface area contributed by atoms with Crippen molar-refractivity contribution in [2.45, 2.75) is 39.2 Å². The van der Waals surface area contributed by atoms with E-state index < -0.39 is 0 Å². The molecule has 128 valence electrons. The molecule has 1 aromatic heterocycles. The highest BCUT2D eigenvalue weighted by atomic mass is 19.1. The van der Waals surface area contributed by atoms with Crippen LogP contribution in [-0.2, 0) is 7.05 Å². The van der Waals surface area contributed by atoms with Gasteiger partial charge in [-0.15, -0.1) is 0 Å². The number of Topliss-reactive ketones (excluding diaryl/α,β-unsaturated/α-hetero) is 1. The quantitative estimate of drug-likeness (QED) is 0.827. The molecule has 0 saturated heterocycles. The number of carbonyl (C=O) groups is 2. The molecular weight excluding hydrogens is 309 g/mol. The number of nitrogens with one attached hydrogen (secondary N) is 1. The Morgan fingerprint density at radius 3 is 2.38 bits per heavy atom. The molecule has 0 unspecified atom stereocenters. The summed E-state index contributed by atoms with van der Waals surface area (Å²) >= 11 is 0. The summed E-state index contributed by atoms with van der Waals surface area (Å²) in [7, 11) is 1.80. The highest BCUT2D eigenvalue weighted by Crippen LogP contribution is 2.15. The molecule has 2 rings (SSSR count). The molecule has 0 aliphatic rings. The predicted molar refractivity (Wildman–Crippen MR) is 89.6 cm³/mol. The highest BCUT2D eigenvalue weighted by Gasteiger charge is 2.18. The Kier molecular flexibility index (Phi) is 5.49. The van der Waals surface area contributed by atoms with Crippen molar-refractivity contribution in [3.05, 3.63) is 53.1 Å². The van der Waals surface area contributed by atoms with E-state index in [2.05, 4.69) is 10.4 Å². The summed E-state index contributed by atoms with van der Waals surface area (Å²) in [4.78, 5) is 24.4. The van der Waals surface area contributed by atoms with E-state index in [0.29, 0.717) is 11.3 Å². The van der Waals surface area contributed by atoms with E-state index in [1.165, 1.54) is 24.3 Å². The Labute approximate surface area is 140 Å². The first-order valence-electron chi connectivity index (χ1n) is 7.91. The number of amides is 1. The Morgan fingerprint density at radius 2 is 1.83 bits per heavy atom. The topological polar surface area (TPSA) is 64.0 Å². The van der Waals surface area contributed by atoms with Crippen molar-refractivity contribution in [1.82, 2.24) is 15.1 Å². The first-order chi connectivity index (χ1) is 11.3. The number of nitrogens with zero attached hydrogens (tertiary/aromatic N) is 2. The van der Waals surface area contributed by atoms with E-state index in [1.807, 2.05) is 13.8 Å². The van der Waals surface area contributed by atoms with Gasteiger partial charge in [-0.25, -0.2) is 4.39 Å². The van der Waals surface area contributed by atoms with Gasteiger partial charge in [0.05, 0.1) is 0 Å². The van der Waals surface area contributed by atoms with Gasteiger partial charge in [0, 0.05) is 30.8 Å². The lowest BCUT2D eigenvalue weighted by atomic mass is 10.0. The summed E-state index contributed by atoms with van der Waals surface area (Å²) in [6.45, 7) is 5.82. The minimum atomic E-state index is -0.385. The van der Waals surface area contributed by atoms with Crippen molar-refractivity contribution in [3.8, 4) is 0 Å². The lowest BCUT2D eigenvalue weighted by Crippen LogP contribution is -2.34. The fourth-order valence-electron chi connectivity index (χ4n) is 2.51. The Bertz CT molecular complexity index is 735. The lowest BCUT2D eigenvalue weighted by Gasteiger charge is -2.12. The number of hydrogen-bond donors (Lipinski definition) is 1. The maximum absolute atomic E-state index is 12.9. The molecule has 0 spiro atoms. The molecule has 0 fully saturated rings. The minimum absolute atomic E-state index is 0.140. The summed E-state index contributed by atoms with van der Waals surface area (Å²) in [6.07, 6.45) is 0.140. The maximum Gasteiger partial charge on any atom is 0.272 e. The first-order valence-corrected chi connectivity index (χ1v) is 7.91. The normalized spacial score (nSPS) is 12.2. The van der Waals surface area contributed by atoms with Crippen LogP contribution in [0.5, 0.6) is 0 Å². The number of hydrogen-bond acceptors (Lipinski definition) is 3. The summed E-state index contributed by atoms with van der Waals surface area (Å²) in [5, 5.41) is 6.99. The number of benzene rings is 1. The molecule has 2 aromatic rings. The molecule has 0 bridgehead atoms. The van der Waals surface area contributed by atoms with Gasteiger partial charge in [0.2, 0.25) is 0 Å². The fraction of sp³-hybridized carbons (Fsp3) is 0.389. The summed E-state index contributed by atoms with van der Waals surface area (Å²) in [5.74, 6) is -0.575. The van der Waals surface area contributed by atoms with Crippen molar-refractivity contribution in [2.75, 3.05) is 0 Å². The number of rotatable bonds is 6. The van der Waals surface area contributed by atoms with Crippen molar-refractivity contribution in [3.63, 3.8) is 0 Å². The zero-order valence-electron chi connectivity index (χ0n) is 14.3. The van der Waals surface area contributed by atoms with Gasteiger partial charge in [0.15, 0.2) is 5.78 Å². The summed E-state index contributed by atoms with van der Waals surface area (Å²) in [6, 6.07) is 6.80. The van der Waals surface area contributed by atoms with Gasteiger partial charge < -0.3 is 5.32 Å². The first kappa shape index (κ1) is 17.8. The van der Waals surface area contributed by atoms with Crippen molar-refractivity contribution in [2.24, 2.45) is 7.05 Å². The number of aromatic nitrogens is 2. The molecule has 1 amide bonds. The van der Waals surface area contributed by atoms with Crippen LogP contribution in [-0.4, -0.2) is 27.5 Å². The van der Waals surface area contributed by atoms with Gasteiger partial charge in [0.25, 0.3) is 5.91 Å². The predicted octanol–water partition coefficient (Wildman–Crippen LogP) is 3.07. The van der Waals surface area contributed by atoms with E-state index in [9.17, 15) is 14.0 Å². The summed E-state index contributed by atoms with van der Waals surface area (Å²) in [5.41, 5.74) is 1.73. The fourth-order valence-corrected chi connectivity index (χ4v) is 2.51. The molecule has 6 heteroatoms. The van der Waals surface area contributed by atoms with Crippen LogP contribution in [0.3, 0.4) is 0 Å². The van der Waals surface area contributed by atoms with Crippen molar-refractivity contribution < 1.29 is 14.0 Å². The number of halogens is 1. The monoisotopic (exact) mass is 331 g/mol. The van der Waals surface area contributed by atoms with Crippen LogP contribution in [0.2, 0.25) is 0 Å². The Hall–Kier alpha value is -2.50. The second-order valence-corrected chi connectivity index (χ2v) is 6.24. The Balaban J connectivity index is 1.97. The number of aryl methyl sites for hydroxylation is 1. The molecule has 0 aliphatic carbocycles. The van der Waals surface area contributed by atoms with Gasteiger partial charge in [-0.1, -0.05) is 13.8 Å². The molecular formula is C18H22FN3O2. The summed E-state index contributed by atoms with van der Waals surface area (Å²) < 4.78 is 14.6. The average molecular weight is 331 g/mol. The van der Waals surface area contributed by atoms with Crippen LogP contribution >= 0.6 is 0 Å². The molecule has 1 atom stereocenters. The lowest BCUT2D eigenvalue weighted by molar-refractivity contribution is 0.0914. The molecule has 5 nitrogen and oxygen atoms in total. The van der Waals surface area contributed by atoms with Crippen LogP contribution in [0.4, 0.5) is 4.39 Å². The van der Waals surface area contributed by atoms with Gasteiger partial charge in [-0.2, -0.15) is 5.10 Å².